The highest BCUT2D eigenvalue weighted by Crippen LogP contribution is 2.09. The summed E-state index contributed by atoms with van der Waals surface area (Å²) in [6.07, 6.45) is 0. The predicted octanol–water partition coefficient (Wildman–Crippen LogP) is 0.387. The molecule has 2 N–H and O–H groups in total. The maximum absolute atomic E-state index is 11.1. The summed E-state index contributed by atoms with van der Waals surface area (Å²) < 4.78 is 0. The number of amides is 1. The lowest BCUT2D eigenvalue weighted by molar-refractivity contribution is -0.127. The average molecular weight is 159 g/mol. The summed E-state index contributed by atoms with van der Waals surface area (Å²) in [5.74, 6) is -0.105. The van der Waals surface area contributed by atoms with E-state index in [4.69, 9.17) is 5.11 Å². The van der Waals surface area contributed by atoms with Crippen LogP contribution >= 0.6 is 0 Å². The van der Waals surface area contributed by atoms with Crippen molar-refractivity contribution in [3.63, 3.8) is 0 Å². The smallest absolute Gasteiger partial charge is 0.225 e. The van der Waals surface area contributed by atoms with Gasteiger partial charge in [-0.25, -0.2) is 0 Å². The van der Waals surface area contributed by atoms with E-state index in [0.717, 1.165) is 0 Å². The molecule has 11 heavy (non-hydrogen) atoms. The van der Waals surface area contributed by atoms with Crippen molar-refractivity contribution in [3.05, 3.63) is 0 Å². The van der Waals surface area contributed by atoms with E-state index in [0.29, 0.717) is 6.54 Å². The standard InChI is InChI=1S/C8H17NO2/c1-4-9-8(11)7(5-10)6(2)3/h6-7,10H,4-5H2,1-3H3,(H,9,11). The van der Waals surface area contributed by atoms with Gasteiger partial charge >= 0.3 is 0 Å². The van der Waals surface area contributed by atoms with E-state index < -0.39 is 0 Å². The molecule has 0 aromatic rings. The van der Waals surface area contributed by atoms with Gasteiger partial charge in [0.05, 0.1) is 12.5 Å². The van der Waals surface area contributed by atoms with Crippen molar-refractivity contribution >= 4 is 5.91 Å². The Labute approximate surface area is 67.8 Å². The highest BCUT2D eigenvalue weighted by molar-refractivity contribution is 5.78. The van der Waals surface area contributed by atoms with Crippen molar-refractivity contribution in [2.75, 3.05) is 13.2 Å². The van der Waals surface area contributed by atoms with Gasteiger partial charge in [-0.15, -0.1) is 0 Å². The highest BCUT2D eigenvalue weighted by Gasteiger charge is 2.19. The van der Waals surface area contributed by atoms with Gasteiger partial charge in [-0.2, -0.15) is 0 Å². The van der Waals surface area contributed by atoms with Crippen LogP contribution in [0.1, 0.15) is 20.8 Å². The SMILES string of the molecule is CCNC(=O)C(CO)C(C)C. The van der Waals surface area contributed by atoms with Crippen LogP contribution in [-0.2, 0) is 4.79 Å². The van der Waals surface area contributed by atoms with Crippen LogP contribution in [0.25, 0.3) is 0 Å². The molecule has 1 unspecified atom stereocenters. The number of nitrogens with one attached hydrogen (secondary N) is 1. The first-order valence-corrected chi connectivity index (χ1v) is 4.02. The molecule has 0 radical (unpaired) electrons. The highest BCUT2D eigenvalue weighted by atomic mass is 16.3. The summed E-state index contributed by atoms with van der Waals surface area (Å²) in [6, 6.07) is 0. The van der Waals surface area contributed by atoms with Crippen molar-refractivity contribution in [2.24, 2.45) is 11.8 Å². The maximum Gasteiger partial charge on any atom is 0.225 e. The Morgan fingerprint density at radius 3 is 2.36 bits per heavy atom. The van der Waals surface area contributed by atoms with Crippen molar-refractivity contribution < 1.29 is 9.90 Å². The molecule has 0 heterocycles. The number of carbonyl (C=O) groups is 1. The second kappa shape index (κ2) is 5.13. The number of aliphatic hydroxyl groups excluding tert-OH is 1. The molecule has 0 saturated heterocycles. The van der Waals surface area contributed by atoms with Crippen molar-refractivity contribution in [2.45, 2.75) is 20.8 Å². The van der Waals surface area contributed by atoms with Gasteiger partial charge in [-0.1, -0.05) is 13.8 Å². The van der Waals surface area contributed by atoms with Gasteiger partial charge in [-0.05, 0) is 12.8 Å². The third kappa shape index (κ3) is 3.37. The summed E-state index contributed by atoms with van der Waals surface area (Å²) in [6.45, 7) is 6.28. The fraction of sp³-hybridized carbons (Fsp3) is 0.875. The minimum absolute atomic E-state index is 0.0509. The molecule has 0 aliphatic heterocycles. The van der Waals surface area contributed by atoms with Gasteiger partial charge in [0.1, 0.15) is 0 Å². The molecular weight excluding hydrogens is 142 g/mol. The van der Waals surface area contributed by atoms with E-state index >= 15 is 0 Å². The fourth-order valence-corrected chi connectivity index (χ4v) is 0.902. The minimum Gasteiger partial charge on any atom is -0.396 e. The molecule has 66 valence electrons. The predicted molar refractivity (Wildman–Crippen MR) is 44.1 cm³/mol. The molecule has 3 heteroatoms. The number of carbonyl (C=O) groups excluding carboxylic acids is 1. The Hall–Kier alpha value is -0.570. The molecule has 0 aliphatic carbocycles. The molecule has 0 aromatic heterocycles. The molecule has 0 saturated carbocycles. The molecule has 0 aliphatic rings. The van der Waals surface area contributed by atoms with Crippen LogP contribution in [-0.4, -0.2) is 24.2 Å². The van der Waals surface area contributed by atoms with Crippen LogP contribution in [0.5, 0.6) is 0 Å². The van der Waals surface area contributed by atoms with Crippen molar-refractivity contribution in [1.29, 1.82) is 0 Å². The van der Waals surface area contributed by atoms with Gasteiger partial charge in [0.2, 0.25) is 5.91 Å². The van der Waals surface area contributed by atoms with E-state index in [2.05, 4.69) is 5.32 Å². The topological polar surface area (TPSA) is 49.3 Å². The average Bonchev–Trinajstić information content (AvgIpc) is 1.88. The number of rotatable bonds is 4. The number of hydrogen-bond donors (Lipinski definition) is 2. The first kappa shape index (κ1) is 10.4. The van der Waals surface area contributed by atoms with E-state index in [1.807, 2.05) is 20.8 Å². The molecule has 0 bridgehead atoms. The third-order valence-corrected chi connectivity index (χ3v) is 1.69. The molecule has 0 rings (SSSR count). The molecule has 0 spiro atoms. The molecular formula is C8H17NO2. The first-order chi connectivity index (χ1) is 5.13. The van der Waals surface area contributed by atoms with E-state index in [1.165, 1.54) is 0 Å². The van der Waals surface area contributed by atoms with Crippen LogP contribution in [0.4, 0.5) is 0 Å². The Kier molecular flexibility index (Phi) is 4.86. The Morgan fingerprint density at radius 1 is 1.55 bits per heavy atom. The van der Waals surface area contributed by atoms with Gasteiger partial charge in [0.25, 0.3) is 0 Å². The first-order valence-electron chi connectivity index (χ1n) is 4.02. The third-order valence-electron chi connectivity index (χ3n) is 1.69. The van der Waals surface area contributed by atoms with Crippen LogP contribution in [0, 0.1) is 11.8 Å². The van der Waals surface area contributed by atoms with Crippen LogP contribution < -0.4 is 5.32 Å². The van der Waals surface area contributed by atoms with E-state index in [1.54, 1.807) is 0 Å². The van der Waals surface area contributed by atoms with Crippen LogP contribution in [0.2, 0.25) is 0 Å². The molecule has 1 atom stereocenters. The zero-order valence-electron chi connectivity index (χ0n) is 7.42. The fourth-order valence-electron chi connectivity index (χ4n) is 0.902. The van der Waals surface area contributed by atoms with Gasteiger partial charge in [0, 0.05) is 6.54 Å². The summed E-state index contributed by atoms with van der Waals surface area (Å²) in [5, 5.41) is 11.5. The van der Waals surface area contributed by atoms with Gasteiger partial charge in [0.15, 0.2) is 0 Å². The molecule has 1 amide bonds. The molecule has 0 fully saturated rings. The lowest BCUT2D eigenvalue weighted by Gasteiger charge is -2.16. The normalized spacial score (nSPS) is 13.2. The Bertz CT molecular complexity index is 123. The lowest BCUT2D eigenvalue weighted by atomic mass is 9.96. The summed E-state index contributed by atoms with van der Waals surface area (Å²) in [7, 11) is 0. The second-order valence-corrected chi connectivity index (χ2v) is 2.93. The van der Waals surface area contributed by atoms with E-state index in [9.17, 15) is 4.79 Å². The second-order valence-electron chi connectivity index (χ2n) is 2.93. The summed E-state index contributed by atoms with van der Waals surface area (Å²) in [4.78, 5) is 11.1. The largest absolute Gasteiger partial charge is 0.396 e. The zero-order valence-corrected chi connectivity index (χ0v) is 7.42. The minimum atomic E-state index is -0.255. The summed E-state index contributed by atoms with van der Waals surface area (Å²) in [5.41, 5.74) is 0. The van der Waals surface area contributed by atoms with Crippen LogP contribution in [0.3, 0.4) is 0 Å². The van der Waals surface area contributed by atoms with E-state index in [-0.39, 0.29) is 24.3 Å². The van der Waals surface area contributed by atoms with Gasteiger partial charge < -0.3 is 10.4 Å². The zero-order chi connectivity index (χ0) is 8.85. The van der Waals surface area contributed by atoms with Crippen LogP contribution in [0.15, 0.2) is 0 Å². The van der Waals surface area contributed by atoms with Crippen molar-refractivity contribution in [1.82, 2.24) is 5.32 Å². The lowest BCUT2D eigenvalue weighted by Crippen LogP contribution is -2.35. The number of aliphatic hydroxyl groups is 1. The van der Waals surface area contributed by atoms with Gasteiger partial charge in [-0.3, -0.25) is 4.79 Å². The summed E-state index contributed by atoms with van der Waals surface area (Å²) >= 11 is 0. The Balaban J connectivity index is 3.92. The molecule has 3 nitrogen and oxygen atoms in total. The van der Waals surface area contributed by atoms with Crippen molar-refractivity contribution in [3.8, 4) is 0 Å². The monoisotopic (exact) mass is 159 g/mol. The number of hydrogen-bond acceptors (Lipinski definition) is 2. The maximum atomic E-state index is 11.1. The quantitative estimate of drug-likeness (QED) is 0.623. The Morgan fingerprint density at radius 2 is 2.09 bits per heavy atom. The molecule has 0 aromatic carbocycles.